The number of carbonyl (C=O) groups is 2. The van der Waals surface area contributed by atoms with Gasteiger partial charge in [-0.15, -0.1) is 5.10 Å². The summed E-state index contributed by atoms with van der Waals surface area (Å²) in [5.41, 5.74) is 4.97. The van der Waals surface area contributed by atoms with Gasteiger partial charge in [0.2, 0.25) is 11.1 Å². The second kappa shape index (κ2) is 9.79. The number of benzene rings is 3. The number of anilines is 1. The Labute approximate surface area is 196 Å². The summed E-state index contributed by atoms with van der Waals surface area (Å²) in [6.07, 6.45) is 0. The lowest BCUT2D eigenvalue weighted by Gasteiger charge is -2.17. The van der Waals surface area contributed by atoms with Crippen molar-refractivity contribution in [1.82, 2.24) is 20.2 Å². The van der Waals surface area contributed by atoms with Crippen LogP contribution < -0.4 is 5.32 Å². The van der Waals surface area contributed by atoms with Gasteiger partial charge in [-0.2, -0.15) is 4.68 Å². The lowest BCUT2D eigenvalue weighted by molar-refractivity contribution is -0.115. The molecule has 0 saturated carbocycles. The Bertz CT molecular complexity index is 1300. The zero-order valence-corrected chi connectivity index (χ0v) is 19.3. The van der Waals surface area contributed by atoms with Gasteiger partial charge in [0.15, 0.2) is 5.78 Å². The number of nitrogens with one attached hydrogen (secondary N) is 1. The monoisotopic (exact) mass is 457 g/mol. The van der Waals surface area contributed by atoms with Crippen molar-refractivity contribution in [1.29, 1.82) is 0 Å². The van der Waals surface area contributed by atoms with E-state index in [0.29, 0.717) is 16.4 Å². The molecule has 0 spiro atoms. The van der Waals surface area contributed by atoms with Crippen molar-refractivity contribution in [3.8, 4) is 5.69 Å². The van der Waals surface area contributed by atoms with E-state index in [1.807, 2.05) is 62.4 Å². The van der Waals surface area contributed by atoms with Crippen LogP contribution in [0.15, 0.2) is 78.0 Å². The van der Waals surface area contributed by atoms with Crippen LogP contribution in [0.2, 0.25) is 0 Å². The molecule has 1 unspecified atom stereocenters. The molecule has 0 aliphatic carbocycles. The Morgan fingerprint density at radius 1 is 0.970 bits per heavy atom. The third kappa shape index (κ3) is 5.01. The fraction of sp³-hybridized carbons (Fsp3) is 0.160. The standard InChI is InChI=1S/C25H23N5O2S/c1-16-9-7-14-22(17(16)2)30-25(27-28-29-30)33-23(19-10-5-4-6-11-19)24(32)26-21-13-8-12-20(15-21)18(3)31/h4-15,23H,1-3H3,(H,26,32). The number of ketones is 1. The van der Waals surface area contributed by atoms with Crippen LogP contribution in [0.25, 0.3) is 5.69 Å². The van der Waals surface area contributed by atoms with Crippen molar-refractivity contribution in [2.24, 2.45) is 0 Å². The first-order valence-corrected chi connectivity index (χ1v) is 11.3. The molecule has 0 aliphatic heterocycles. The Hall–Kier alpha value is -3.78. The lowest BCUT2D eigenvalue weighted by atomic mass is 10.1. The maximum atomic E-state index is 13.4. The summed E-state index contributed by atoms with van der Waals surface area (Å²) in [5, 5.41) is 15.1. The first-order chi connectivity index (χ1) is 15.9. The molecule has 0 saturated heterocycles. The molecule has 7 nitrogen and oxygen atoms in total. The van der Waals surface area contributed by atoms with Gasteiger partial charge < -0.3 is 5.32 Å². The number of aromatic nitrogens is 4. The molecule has 1 atom stereocenters. The smallest absolute Gasteiger partial charge is 0.242 e. The number of hydrogen-bond acceptors (Lipinski definition) is 6. The van der Waals surface area contributed by atoms with E-state index in [1.54, 1.807) is 28.9 Å². The summed E-state index contributed by atoms with van der Waals surface area (Å²) in [6, 6.07) is 22.3. The lowest BCUT2D eigenvalue weighted by Crippen LogP contribution is -2.20. The van der Waals surface area contributed by atoms with Crippen molar-refractivity contribution in [3.63, 3.8) is 0 Å². The molecule has 4 rings (SSSR count). The maximum absolute atomic E-state index is 13.4. The zero-order valence-electron chi connectivity index (χ0n) is 18.5. The Kier molecular flexibility index (Phi) is 6.65. The van der Waals surface area contributed by atoms with Crippen LogP contribution in [0, 0.1) is 13.8 Å². The summed E-state index contributed by atoms with van der Waals surface area (Å²) in [4.78, 5) is 25.1. The van der Waals surface area contributed by atoms with E-state index in [0.717, 1.165) is 22.4 Å². The summed E-state index contributed by atoms with van der Waals surface area (Å²) in [7, 11) is 0. The van der Waals surface area contributed by atoms with E-state index < -0.39 is 5.25 Å². The van der Waals surface area contributed by atoms with Gasteiger partial charge in [0, 0.05) is 11.3 Å². The number of nitrogens with zero attached hydrogens (tertiary/aromatic N) is 4. The van der Waals surface area contributed by atoms with E-state index >= 15 is 0 Å². The molecule has 4 aromatic rings. The van der Waals surface area contributed by atoms with Crippen LogP contribution in [-0.4, -0.2) is 31.9 Å². The van der Waals surface area contributed by atoms with Crippen molar-refractivity contribution < 1.29 is 9.59 Å². The van der Waals surface area contributed by atoms with Crippen molar-refractivity contribution in [2.45, 2.75) is 31.2 Å². The summed E-state index contributed by atoms with van der Waals surface area (Å²) < 4.78 is 1.66. The highest BCUT2D eigenvalue weighted by molar-refractivity contribution is 8.00. The second-order valence-corrected chi connectivity index (χ2v) is 8.70. The molecular formula is C25H23N5O2S. The number of tetrazole rings is 1. The average Bonchev–Trinajstić information content (AvgIpc) is 3.28. The molecule has 0 radical (unpaired) electrons. The normalized spacial score (nSPS) is 11.7. The molecule has 33 heavy (non-hydrogen) atoms. The number of rotatable bonds is 7. The minimum Gasteiger partial charge on any atom is -0.325 e. The first-order valence-electron chi connectivity index (χ1n) is 10.4. The SMILES string of the molecule is CC(=O)c1cccc(NC(=O)C(Sc2nnnn2-c2cccc(C)c2C)c2ccccc2)c1. The van der Waals surface area contributed by atoms with Crippen molar-refractivity contribution >= 4 is 29.1 Å². The van der Waals surface area contributed by atoms with Crippen LogP contribution in [0.4, 0.5) is 5.69 Å². The number of thioether (sulfide) groups is 1. The molecule has 166 valence electrons. The van der Waals surface area contributed by atoms with Gasteiger partial charge in [0.1, 0.15) is 5.25 Å². The summed E-state index contributed by atoms with van der Waals surface area (Å²) >= 11 is 1.27. The fourth-order valence-electron chi connectivity index (χ4n) is 3.40. The maximum Gasteiger partial charge on any atom is 0.242 e. The van der Waals surface area contributed by atoms with Crippen LogP contribution in [-0.2, 0) is 4.79 Å². The van der Waals surface area contributed by atoms with E-state index in [1.165, 1.54) is 18.7 Å². The van der Waals surface area contributed by atoms with E-state index in [4.69, 9.17) is 0 Å². The largest absolute Gasteiger partial charge is 0.325 e. The highest BCUT2D eigenvalue weighted by atomic mass is 32.2. The number of Topliss-reactive ketones (excluding diaryl/α,β-unsaturated/α-hetero) is 1. The van der Waals surface area contributed by atoms with Gasteiger partial charge >= 0.3 is 0 Å². The van der Waals surface area contributed by atoms with Crippen molar-refractivity contribution in [3.05, 3.63) is 95.1 Å². The predicted octanol–water partition coefficient (Wildman–Crippen LogP) is 4.95. The van der Waals surface area contributed by atoms with Crippen LogP contribution in [0.1, 0.15) is 39.2 Å². The first kappa shape index (κ1) is 22.4. The Morgan fingerprint density at radius 2 is 1.73 bits per heavy atom. The zero-order chi connectivity index (χ0) is 23.4. The minimum atomic E-state index is -0.609. The number of hydrogen-bond donors (Lipinski definition) is 1. The van der Waals surface area contributed by atoms with Crippen LogP contribution in [0.5, 0.6) is 0 Å². The quantitative estimate of drug-likeness (QED) is 0.312. The highest BCUT2D eigenvalue weighted by Gasteiger charge is 2.26. The molecule has 1 aromatic heterocycles. The summed E-state index contributed by atoms with van der Waals surface area (Å²) in [6.45, 7) is 5.55. The van der Waals surface area contributed by atoms with Crippen molar-refractivity contribution in [2.75, 3.05) is 5.32 Å². The fourth-order valence-corrected chi connectivity index (χ4v) is 4.39. The van der Waals surface area contributed by atoms with E-state index in [9.17, 15) is 9.59 Å². The number of aryl methyl sites for hydroxylation is 1. The molecule has 0 aliphatic rings. The minimum absolute atomic E-state index is 0.0622. The second-order valence-electron chi connectivity index (χ2n) is 7.63. The molecule has 1 heterocycles. The van der Waals surface area contributed by atoms with Gasteiger partial charge in [-0.25, -0.2) is 0 Å². The Morgan fingerprint density at radius 3 is 2.48 bits per heavy atom. The van der Waals surface area contributed by atoms with E-state index in [2.05, 4.69) is 20.8 Å². The highest BCUT2D eigenvalue weighted by Crippen LogP contribution is 2.36. The topological polar surface area (TPSA) is 89.8 Å². The molecular weight excluding hydrogens is 434 g/mol. The third-order valence-corrected chi connectivity index (χ3v) is 6.53. The van der Waals surface area contributed by atoms with Crippen LogP contribution >= 0.6 is 11.8 Å². The van der Waals surface area contributed by atoms with Gasteiger partial charge in [0.05, 0.1) is 5.69 Å². The molecule has 3 aromatic carbocycles. The molecule has 8 heteroatoms. The molecule has 1 N–H and O–H groups in total. The number of amides is 1. The molecule has 0 fully saturated rings. The van der Waals surface area contributed by atoms with Gasteiger partial charge in [-0.1, -0.05) is 66.4 Å². The van der Waals surface area contributed by atoms with Gasteiger partial charge in [-0.3, -0.25) is 9.59 Å². The van der Waals surface area contributed by atoms with Gasteiger partial charge in [-0.05, 0) is 66.1 Å². The number of carbonyl (C=O) groups excluding carboxylic acids is 2. The average molecular weight is 458 g/mol. The summed E-state index contributed by atoms with van der Waals surface area (Å²) in [5.74, 6) is -0.296. The van der Waals surface area contributed by atoms with Gasteiger partial charge in [0.25, 0.3) is 0 Å². The third-order valence-electron chi connectivity index (χ3n) is 5.35. The van der Waals surface area contributed by atoms with Crippen LogP contribution in [0.3, 0.4) is 0 Å². The van der Waals surface area contributed by atoms with E-state index in [-0.39, 0.29) is 11.7 Å². The molecule has 1 amide bonds. The Balaban J connectivity index is 1.67. The molecule has 0 bridgehead atoms. The predicted molar refractivity (Wildman–Crippen MR) is 129 cm³/mol.